The molecule has 0 spiro atoms. The second-order valence-electron chi connectivity index (χ2n) is 2.99. The van der Waals surface area contributed by atoms with Crippen molar-refractivity contribution in [2.45, 2.75) is 6.43 Å². The van der Waals surface area contributed by atoms with Crippen LogP contribution >= 0.6 is 0 Å². The van der Waals surface area contributed by atoms with Gasteiger partial charge in [-0.2, -0.15) is 5.10 Å². The third-order valence-electron chi connectivity index (χ3n) is 1.93. The molecule has 0 aliphatic heterocycles. The first-order valence-electron chi connectivity index (χ1n) is 4.25. The van der Waals surface area contributed by atoms with Gasteiger partial charge in [0.15, 0.2) is 0 Å². The fourth-order valence-electron chi connectivity index (χ4n) is 1.28. The van der Waals surface area contributed by atoms with Gasteiger partial charge in [0, 0.05) is 18.0 Å². The lowest BCUT2D eigenvalue weighted by Crippen LogP contribution is -1.97. The summed E-state index contributed by atoms with van der Waals surface area (Å²) < 4.78 is 39.1. The molecule has 0 aliphatic rings. The van der Waals surface area contributed by atoms with Gasteiger partial charge in [-0.05, 0) is 24.3 Å². The molecule has 0 amide bonds. The molecule has 0 atom stereocenters. The Kier molecular flexibility index (Phi) is 2.45. The highest BCUT2D eigenvalue weighted by atomic mass is 19.3. The Hall–Kier alpha value is -1.78. The lowest BCUT2D eigenvalue weighted by atomic mass is 10.2. The monoisotopic (exact) mass is 212 g/mol. The summed E-state index contributed by atoms with van der Waals surface area (Å²) in [7, 11) is 0. The first-order valence-corrected chi connectivity index (χ1v) is 4.25. The van der Waals surface area contributed by atoms with E-state index in [-0.39, 0.29) is 11.3 Å². The molecular weight excluding hydrogens is 205 g/mol. The molecule has 2 rings (SSSR count). The van der Waals surface area contributed by atoms with E-state index in [1.807, 2.05) is 0 Å². The molecule has 0 bridgehead atoms. The summed E-state index contributed by atoms with van der Waals surface area (Å²) in [6.45, 7) is 0. The smallest absolute Gasteiger partial charge is 0.241 e. The van der Waals surface area contributed by atoms with Crippen LogP contribution in [0.1, 0.15) is 12.0 Å². The molecule has 2 nitrogen and oxygen atoms in total. The van der Waals surface area contributed by atoms with Crippen molar-refractivity contribution >= 4 is 0 Å². The van der Waals surface area contributed by atoms with Crippen LogP contribution in [-0.2, 0) is 0 Å². The second-order valence-corrected chi connectivity index (χ2v) is 2.99. The van der Waals surface area contributed by atoms with E-state index < -0.39 is 12.2 Å². The van der Waals surface area contributed by atoms with Crippen molar-refractivity contribution in [3.63, 3.8) is 0 Å². The minimum atomic E-state index is -2.69. The topological polar surface area (TPSA) is 17.8 Å². The van der Waals surface area contributed by atoms with Crippen molar-refractivity contribution in [2.24, 2.45) is 0 Å². The van der Waals surface area contributed by atoms with Crippen LogP contribution in [0.5, 0.6) is 0 Å². The van der Waals surface area contributed by atoms with Crippen LogP contribution in [-0.4, -0.2) is 9.78 Å². The third-order valence-corrected chi connectivity index (χ3v) is 1.93. The average molecular weight is 212 g/mol. The fourth-order valence-corrected chi connectivity index (χ4v) is 1.28. The molecule has 1 aromatic carbocycles. The molecule has 0 saturated carbocycles. The van der Waals surface area contributed by atoms with Crippen LogP contribution in [0.25, 0.3) is 5.69 Å². The van der Waals surface area contributed by atoms with Gasteiger partial charge < -0.3 is 0 Å². The molecule has 0 aliphatic carbocycles. The molecule has 0 radical (unpaired) electrons. The SMILES string of the molecule is Fc1cc(C(F)F)cc(-n2cccn2)c1. The highest BCUT2D eigenvalue weighted by molar-refractivity contribution is 5.36. The first-order chi connectivity index (χ1) is 7.16. The third kappa shape index (κ3) is 2.01. The normalized spacial score (nSPS) is 10.9. The highest BCUT2D eigenvalue weighted by Gasteiger charge is 2.10. The second kappa shape index (κ2) is 3.76. The molecule has 2 aromatic rings. The van der Waals surface area contributed by atoms with Gasteiger partial charge in [-0.15, -0.1) is 0 Å². The quantitative estimate of drug-likeness (QED) is 0.748. The minimum absolute atomic E-state index is 0.287. The van der Waals surface area contributed by atoms with E-state index in [4.69, 9.17) is 0 Å². The molecular formula is C10H7F3N2. The predicted octanol–water partition coefficient (Wildman–Crippen LogP) is 2.95. The number of nitrogens with zero attached hydrogens (tertiary/aromatic N) is 2. The Morgan fingerprint density at radius 3 is 2.60 bits per heavy atom. The maximum atomic E-state index is 13.0. The van der Waals surface area contributed by atoms with Crippen molar-refractivity contribution in [1.29, 1.82) is 0 Å². The van der Waals surface area contributed by atoms with Gasteiger partial charge >= 0.3 is 0 Å². The molecule has 0 N–H and O–H groups in total. The summed E-state index contributed by atoms with van der Waals surface area (Å²) in [5.41, 5.74) is -0.0594. The summed E-state index contributed by atoms with van der Waals surface area (Å²) in [5, 5.41) is 3.83. The van der Waals surface area contributed by atoms with Crippen molar-refractivity contribution in [3.8, 4) is 5.69 Å². The molecule has 0 unspecified atom stereocenters. The standard InChI is InChI=1S/C10H7F3N2/c11-8-4-7(10(12)13)5-9(6-8)15-3-1-2-14-15/h1-6,10H. The van der Waals surface area contributed by atoms with Crippen LogP contribution in [0.2, 0.25) is 0 Å². The summed E-state index contributed by atoms with van der Waals surface area (Å²) in [6, 6.07) is 4.81. The Bertz CT molecular complexity index is 452. The van der Waals surface area contributed by atoms with Crippen LogP contribution in [0.15, 0.2) is 36.7 Å². The van der Waals surface area contributed by atoms with E-state index in [1.165, 1.54) is 16.9 Å². The maximum Gasteiger partial charge on any atom is 0.264 e. The molecule has 0 saturated heterocycles. The lowest BCUT2D eigenvalue weighted by Gasteiger charge is -2.05. The Morgan fingerprint density at radius 1 is 1.20 bits per heavy atom. The number of rotatable bonds is 2. The van der Waals surface area contributed by atoms with E-state index in [2.05, 4.69) is 5.10 Å². The van der Waals surface area contributed by atoms with E-state index >= 15 is 0 Å². The number of benzene rings is 1. The number of hydrogen-bond donors (Lipinski definition) is 0. The Labute approximate surface area is 84.0 Å². The van der Waals surface area contributed by atoms with Crippen molar-refractivity contribution in [3.05, 3.63) is 48.0 Å². The highest BCUT2D eigenvalue weighted by Crippen LogP contribution is 2.22. The maximum absolute atomic E-state index is 13.0. The van der Waals surface area contributed by atoms with Crippen molar-refractivity contribution in [2.75, 3.05) is 0 Å². The number of aromatic nitrogens is 2. The lowest BCUT2D eigenvalue weighted by molar-refractivity contribution is 0.151. The Balaban J connectivity index is 2.49. The van der Waals surface area contributed by atoms with Crippen LogP contribution in [0.3, 0.4) is 0 Å². The summed E-state index contributed by atoms with van der Waals surface area (Å²) in [6.07, 6.45) is 0.367. The van der Waals surface area contributed by atoms with Crippen molar-refractivity contribution in [1.82, 2.24) is 9.78 Å². The van der Waals surface area contributed by atoms with E-state index in [1.54, 1.807) is 12.3 Å². The first kappa shape index (κ1) is 9.76. The minimum Gasteiger partial charge on any atom is -0.241 e. The van der Waals surface area contributed by atoms with Gasteiger partial charge in [-0.25, -0.2) is 17.9 Å². The van der Waals surface area contributed by atoms with Crippen LogP contribution in [0.4, 0.5) is 13.2 Å². The zero-order chi connectivity index (χ0) is 10.8. The van der Waals surface area contributed by atoms with Gasteiger partial charge in [0.05, 0.1) is 5.69 Å². The van der Waals surface area contributed by atoms with Gasteiger partial charge in [-0.3, -0.25) is 0 Å². The molecule has 0 fully saturated rings. The average Bonchev–Trinajstić information content (AvgIpc) is 2.69. The molecule has 1 heterocycles. The molecule has 5 heteroatoms. The van der Waals surface area contributed by atoms with Crippen molar-refractivity contribution < 1.29 is 13.2 Å². The molecule has 78 valence electrons. The zero-order valence-electron chi connectivity index (χ0n) is 7.57. The van der Waals surface area contributed by atoms with Crippen LogP contribution < -0.4 is 0 Å². The van der Waals surface area contributed by atoms with Gasteiger partial charge in [0.25, 0.3) is 6.43 Å². The van der Waals surface area contributed by atoms with Gasteiger partial charge in [0.1, 0.15) is 5.82 Å². The van der Waals surface area contributed by atoms with Crippen LogP contribution in [0, 0.1) is 5.82 Å². The number of alkyl halides is 2. The fraction of sp³-hybridized carbons (Fsp3) is 0.100. The summed E-state index contributed by atoms with van der Waals surface area (Å²) in [4.78, 5) is 0. The van der Waals surface area contributed by atoms with Gasteiger partial charge in [0.2, 0.25) is 0 Å². The zero-order valence-corrected chi connectivity index (χ0v) is 7.57. The summed E-state index contributed by atoms with van der Waals surface area (Å²) in [5.74, 6) is -0.696. The molecule has 1 aromatic heterocycles. The number of hydrogen-bond acceptors (Lipinski definition) is 1. The number of halogens is 3. The predicted molar refractivity (Wildman–Crippen MR) is 48.5 cm³/mol. The Morgan fingerprint density at radius 2 is 2.00 bits per heavy atom. The van der Waals surface area contributed by atoms with E-state index in [9.17, 15) is 13.2 Å². The van der Waals surface area contributed by atoms with E-state index in [0.29, 0.717) is 0 Å². The largest absolute Gasteiger partial charge is 0.264 e. The van der Waals surface area contributed by atoms with Gasteiger partial charge in [-0.1, -0.05) is 0 Å². The molecule has 15 heavy (non-hydrogen) atoms. The summed E-state index contributed by atoms with van der Waals surface area (Å²) >= 11 is 0. The van der Waals surface area contributed by atoms with E-state index in [0.717, 1.165) is 12.1 Å².